The molecule has 0 atom stereocenters. The predicted molar refractivity (Wildman–Crippen MR) is 103 cm³/mol. The van der Waals surface area contributed by atoms with Crippen LogP contribution in [0.25, 0.3) is 0 Å². The SMILES string of the molecule is CCCCOc1ccc(C#CC=C[C@H]2CC[C@H](CCC)CC2)cc1. The van der Waals surface area contributed by atoms with Crippen LogP contribution in [0.3, 0.4) is 0 Å². The van der Waals surface area contributed by atoms with Gasteiger partial charge >= 0.3 is 0 Å². The van der Waals surface area contributed by atoms with E-state index in [1.54, 1.807) is 0 Å². The summed E-state index contributed by atoms with van der Waals surface area (Å²) in [6.07, 6.45) is 14.9. The number of benzene rings is 1. The minimum absolute atomic E-state index is 0.738. The number of hydrogen-bond acceptors (Lipinski definition) is 1. The molecule has 1 fully saturated rings. The number of ether oxygens (including phenoxy) is 1. The largest absolute Gasteiger partial charge is 0.494 e. The third-order valence-electron chi connectivity index (χ3n) is 4.88. The first-order valence-electron chi connectivity index (χ1n) is 9.72. The number of hydrogen-bond donors (Lipinski definition) is 0. The van der Waals surface area contributed by atoms with Gasteiger partial charge in [-0.05, 0) is 74.3 Å². The first kappa shape index (κ1) is 18.7. The topological polar surface area (TPSA) is 9.23 Å². The predicted octanol–water partition coefficient (Wildman–Crippen LogP) is 6.38. The van der Waals surface area contributed by atoms with Crippen molar-refractivity contribution < 1.29 is 4.74 Å². The monoisotopic (exact) mass is 324 g/mol. The van der Waals surface area contributed by atoms with Crippen molar-refractivity contribution in [1.29, 1.82) is 0 Å². The summed E-state index contributed by atoms with van der Waals surface area (Å²) in [5.74, 6) is 9.05. The van der Waals surface area contributed by atoms with Crippen LogP contribution in [-0.2, 0) is 0 Å². The van der Waals surface area contributed by atoms with Crippen molar-refractivity contribution in [1.82, 2.24) is 0 Å². The van der Waals surface area contributed by atoms with Gasteiger partial charge in [-0.1, -0.05) is 51.0 Å². The molecule has 1 heteroatoms. The lowest BCUT2D eigenvalue weighted by atomic mass is 9.80. The van der Waals surface area contributed by atoms with Crippen LogP contribution in [0.2, 0.25) is 0 Å². The summed E-state index contributed by atoms with van der Waals surface area (Å²) in [6, 6.07) is 8.10. The Balaban J connectivity index is 1.74. The summed E-state index contributed by atoms with van der Waals surface area (Å²) in [5.41, 5.74) is 1.05. The normalized spacial score (nSPS) is 20.6. The summed E-state index contributed by atoms with van der Waals surface area (Å²) < 4.78 is 5.67. The third kappa shape index (κ3) is 6.83. The maximum Gasteiger partial charge on any atom is 0.119 e. The Hall–Kier alpha value is -1.68. The summed E-state index contributed by atoms with van der Waals surface area (Å²) in [4.78, 5) is 0. The fourth-order valence-corrected chi connectivity index (χ4v) is 3.36. The Labute approximate surface area is 148 Å². The van der Waals surface area contributed by atoms with Crippen molar-refractivity contribution >= 4 is 0 Å². The van der Waals surface area contributed by atoms with Gasteiger partial charge in [0.2, 0.25) is 0 Å². The van der Waals surface area contributed by atoms with Crippen LogP contribution in [0, 0.1) is 23.7 Å². The lowest BCUT2D eigenvalue weighted by Gasteiger charge is -2.26. The maximum absolute atomic E-state index is 5.67. The highest BCUT2D eigenvalue weighted by Gasteiger charge is 2.18. The zero-order valence-corrected chi connectivity index (χ0v) is 15.4. The molecule has 0 unspecified atom stereocenters. The second kappa shape index (κ2) is 11.0. The average Bonchev–Trinajstić information content (AvgIpc) is 2.62. The summed E-state index contributed by atoms with van der Waals surface area (Å²) in [7, 11) is 0. The van der Waals surface area contributed by atoms with Crippen LogP contribution in [0.15, 0.2) is 36.4 Å². The molecule has 0 spiro atoms. The van der Waals surface area contributed by atoms with Crippen LogP contribution in [-0.4, -0.2) is 6.61 Å². The standard InChI is InChI=1S/C23H32O/c1-3-5-19-24-23-17-15-22(16-18-23)10-7-6-9-21-13-11-20(8-4-2)12-14-21/h6,9,15-18,20-21H,3-5,8,11-14,19H2,1-2H3/t20-,21-. The van der Waals surface area contributed by atoms with Crippen molar-refractivity contribution in [2.45, 2.75) is 65.2 Å². The Kier molecular flexibility index (Phi) is 8.53. The number of unbranched alkanes of at least 4 members (excludes halogenated alkanes) is 1. The van der Waals surface area contributed by atoms with Gasteiger partial charge in [0.1, 0.15) is 5.75 Å². The van der Waals surface area contributed by atoms with Crippen molar-refractivity contribution in [2.75, 3.05) is 6.61 Å². The molecule has 130 valence electrons. The van der Waals surface area contributed by atoms with Gasteiger partial charge in [0.25, 0.3) is 0 Å². The molecule has 1 nitrogen and oxygen atoms in total. The summed E-state index contributed by atoms with van der Waals surface area (Å²) in [5, 5.41) is 0. The smallest absolute Gasteiger partial charge is 0.119 e. The zero-order chi connectivity index (χ0) is 17.0. The van der Waals surface area contributed by atoms with E-state index in [1.165, 1.54) is 38.5 Å². The number of rotatable bonds is 7. The second-order valence-electron chi connectivity index (χ2n) is 6.92. The van der Waals surface area contributed by atoms with Crippen LogP contribution in [0.4, 0.5) is 0 Å². The van der Waals surface area contributed by atoms with Gasteiger partial charge in [0.15, 0.2) is 0 Å². The first-order valence-corrected chi connectivity index (χ1v) is 9.72. The fourth-order valence-electron chi connectivity index (χ4n) is 3.36. The second-order valence-corrected chi connectivity index (χ2v) is 6.92. The van der Waals surface area contributed by atoms with E-state index in [9.17, 15) is 0 Å². The molecular weight excluding hydrogens is 292 g/mol. The number of allylic oxidation sites excluding steroid dienone is 2. The molecule has 0 radical (unpaired) electrons. The van der Waals surface area contributed by atoms with Crippen molar-refractivity contribution in [2.24, 2.45) is 11.8 Å². The Bertz CT molecular complexity index is 536. The Morgan fingerprint density at radius 1 is 1.04 bits per heavy atom. The van der Waals surface area contributed by atoms with E-state index in [0.717, 1.165) is 42.6 Å². The molecule has 1 aromatic carbocycles. The van der Waals surface area contributed by atoms with Crippen molar-refractivity contribution in [3.63, 3.8) is 0 Å². The molecule has 1 aliphatic carbocycles. The van der Waals surface area contributed by atoms with Gasteiger partial charge in [-0.3, -0.25) is 0 Å². The van der Waals surface area contributed by atoms with Gasteiger partial charge < -0.3 is 4.74 Å². The molecule has 2 rings (SSSR count). The van der Waals surface area contributed by atoms with Crippen LogP contribution < -0.4 is 4.74 Å². The minimum atomic E-state index is 0.738. The maximum atomic E-state index is 5.67. The van der Waals surface area contributed by atoms with E-state index in [0.29, 0.717) is 0 Å². The molecule has 24 heavy (non-hydrogen) atoms. The molecule has 1 aromatic rings. The molecule has 1 saturated carbocycles. The molecule has 0 bridgehead atoms. The van der Waals surface area contributed by atoms with E-state index in [1.807, 2.05) is 24.3 Å². The summed E-state index contributed by atoms with van der Waals surface area (Å²) >= 11 is 0. The highest BCUT2D eigenvalue weighted by Crippen LogP contribution is 2.31. The lowest BCUT2D eigenvalue weighted by Crippen LogP contribution is -2.12. The average molecular weight is 325 g/mol. The Morgan fingerprint density at radius 2 is 1.79 bits per heavy atom. The Morgan fingerprint density at radius 3 is 2.46 bits per heavy atom. The van der Waals surface area contributed by atoms with Gasteiger partial charge in [-0.25, -0.2) is 0 Å². The van der Waals surface area contributed by atoms with Crippen LogP contribution >= 0.6 is 0 Å². The van der Waals surface area contributed by atoms with Crippen LogP contribution in [0.5, 0.6) is 5.75 Å². The fraction of sp³-hybridized carbons (Fsp3) is 0.565. The highest BCUT2D eigenvalue weighted by molar-refractivity contribution is 5.40. The summed E-state index contributed by atoms with van der Waals surface area (Å²) in [6.45, 7) is 5.27. The molecule has 0 saturated heterocycles. The zero-order valence-electron chi connectivity index (χ0n) is 15.4. The van der Waals surface area contributed by atoms with Crippen molar-refractivity contribution in [3.05, 3.63) is 42.0 Å². The van der Waals surface area contributed by atoms with E-state index in [4.69, 9.17) is 4.74 Å². The van der Waals surface area contributed by atoms with Gasteiger partial charge in [0.05, 0.1) is 6.61 Å². The molecule has 0 N–H and O–H groups in total. The van der Waals surface area contributed by atoms with Gasteiger partial charge in [-0.2, -0.15) is 0 Å². The molecular formula is C23H32O. The minimum Gasteiger partial charge on any atom is -0.494 e. The lowest BCUT2D eigenvalue weighted by molar-refractivity contribution is 0.294. The van der Waals surface area contributed by atoms with Crippen molar-refractivity contribution in [3.8, 4) is 17.6 Å². The molecule has 0 aliphatic heterocycles. The van der Waals surface area contributed by atoms with Crippen LogP contribution in [0.1, 0.15) is 70.8 Å². The molecule has 0 amide bonds. The van der Waals surface area contributed by atoms with E-state index in [2.05, 4.69) is 37.8 Å². The highest BCUT2D eigenvalue weighted by atomic mass is 16.5. The van der Waals surface area contributed by atoms with Gasteiger partial charge in [-0.15, -0.1) is 0 Å². The van der Waals surface area contributed by atoms with Gasteiger partial charge in [0, 0.05) is 5.56 Å². The molecule has 1 aliphatic rings. The van der Waals surface area contributed by atoms with E-state index < -0.39 is 0 Å². The van der Waals surface area contributed by atoms with E-state index in [-0.39, 0.29) is 0 Å². The first-order chi connectivity index (χ1) is 11.8. The quantitative estimate of drug-likeness (QED) is 0.417. The van der Waals surface area contributed by atoms with E-state index >= 15 is 0 Å². The third-order valence-corrected chi connectivity index (χ3v) is 4.88. The molecule has 0 aromatic heterocycles. The molecule has 0 heterocycles.